The third kappa shape index (κ3) is 10.4. The number of hydrogen-bond acceptors (Lipinski definition) is 15. The van der Waals surface area contributed by atoms with Crippen LogP contribution in [0.25, 0.3) is 20.2 Å². The van der Waals surface area contributed by atoms with E-state index in [1.165, 1.54) is 73.4 Å². The molecule has 58 heavy (non-hydrogen) atoms. The number of aromatic amines is 1. The second-order valence-corrected chi connectivity index (χ2v) is 17.7. The highest BCUT2D eigenvalue weighted by molar-refractivity contribution is 7.21. The number of ether oxygens (including phenoxy) is 3. The monoisotopic (exact) mass is 844 g/mol. The van der Waals surface area contributed by atoms with Crippen LogP contribution in [0.1, 0.15) is 105 Å². The van der Waals surface area contributed by atoms with Gasteiger partial charge in [-0.25, -0.2) is 28.5 Å². The quantitative estimate of drug-likeness (QED) is 0.125. The minimum atomic E-state index is -1.48. The first-order valence-corrected chi connectivity index (χ1v) is 19.3. The summed E-state index contributed by atoms with van der Waals surface area (Å²) in [4.78, 5) is 81.8. The molecule has 0 atom stereocenters. The number of hydrogen-bond donors (Lipinski definition) is 3. The zero-order chi connectivity index (χ0) is 42.8. The number of urea groups is 1. The number of nitrogens with zero attached hydrogens (tertiary/aromatic N) is 7. The fraction of sp³-hybridized carbons (Fsp3) is 0.514. The van der Waals surface area contributed by atoms with E-state index >= 15 is 0 Å². The summed E-state index contributed by atoms with van der Waals surface area (Å²) in [6.45, 7) is 21.8. The van der Waals surface area contributed by atoms with E-state index in [1.54, 1.807) is 62.3 Å². The first kappa shape index (κ1) is 46.7. The first-order chi connectivity index (χ1) is 26.3. The maximum Gasteiger partial charge on any atom is 0.341 e. The van der Waals surface area contributed by atoms with Gasteiger partial charge in [0.1, 0.15) is 42.1 Å². The normalized spacial score (nSPS) is 11.9. The summed E-state index contributed by atoms with van der Waals surface area (Å²) in [6.07, 6.45) is 6.06. The van der Waals surface area contributed by atoms with Crippen molar-refractivity contribution in [1.82, 2.24) is 44.9 Å². The molecule has 316 valence electrons. The van der Waals surface area contributed by atoms with E-state index in [4.69, 9.17) is 14.2 Å². The number of anilines is 1. The van der Waals surface area contributed by atoms with Crippen LogP contribution in [-0.2, 0) is 29.3 Å². The van der Waals surface area contributed by atoms with E-state index < -0.39 is 57.5 Å². The minimum absolute atomic E-state index is 0. The zero-order valence-corrected chi connectivity index (χ0v) is 35.8. The van der Waals surface area contributed by atoms with Gasteiger partial charge >= 0.3 is 29.6 Å². The smallest absolute Gasteiger partial charge is 0.341 e. The van der Waals surface area contributed by atoms with Crippen LogP contribution in [0, 0.1) is 13.8 Å². The second-order valence-electron chi connectivity index (χ2n) is 15.7. The Morgan fingerprint density at radius 2 is 1.24 bits per heavy atom. The molecule has 0 saturated heterocycles. The summed E-state index contributed by atoms with van der Waals surface area (Å²) >= 11 is 2.32. The molecule has 19 nitrogen and oxygen atoms in total. The molecule has 0 unspecified atom stereocenters. The predicted octanol–water partition coefficient (Wildman–Crippen LogP) is 5.41. The number of fused-ring (bicyclic) bond motifs is 1. The van der Waals surface area contributed by atoms with Crippen LogP contribution in [0.5, 0.6) is 0 Å². The Kier molecular flexibility index (Phi) is 14.0. The summed E-state index contributed by atoms with van der Waals surface area (Å²) in [5.74, 6) is -1.82. The van der Waals surface area contributed by atoms with Crippen LogP contribution < -0.4 is 21.9 Å². The van der Waals surface area contributed by atoms with Crippen molar-refractivity contribution >= 4 is 61.8 Å². The van der Waals surface area contributed by atoms with Crippen LogP contribution in [-0.4, -0.2) is 86.8 Å². The van der Waals surface area contributed by atoms with Crippen molar-refractivity contribution in [3.8, 4) is 10.0 Å². The number of H-pyrrole nitrogens is 1. The first-order valence-electron chi connectivity index (χ1n) is 17.7. The molecule has 0 aliphatic carbocycles. The Morgan fingerprint density at radius 3 is 1.72 bits per heavy atom. The van der Waals surface area contributed by atoms with Crippen molar-refractivity contribution in [2.75, 3.05) is 11.9 Å². The fourth-order valence-electron chi connectivity index (χ4n) is 5.14. The summed E-state index contributed by atoms with van der Waals surface area (Å²) < 4.78 is 16.8. The van der Waals surface area contributed by atoms with Crippen LogP contribution in [0.4, 0.5) is 9.80 Å². The standard InChI is InChI=1S/C19H27N5O5S.C17H21N5O4S.CH4/c1-8-28-15(25)12-11(2)14(24-20-9-10-21-24)30-13(12)22-17(27)23-19(6,7)16(26)29-18(3,4)5;1-9-10-11(27-13(9)22-18-7-8-19-22)20-15(25)21(12(10)23)17(5,6)14(24)26-16(2,3)4;/h9-10H,8H2,1-7H3,(H2,22,23,27);7-8H,1-6H3,(H,20,25);1H4. The Morgan fingerprint density at radius 1 is 0.759 bits per heavy atom. The van der Waals surface area contributed by atoms with E-state index in [1.807, 2.05) is 0 Å². The van der Waals surface area contributed by atoms with Crippen molar-refractivity contribution in [2.45, 2.75) is 120 Å². The van der Waals surface area contributed by atoms with Crippen molar-refractivity contribution in [1.29, 1.82) is 0 Å². The number of carbonyl (C=O) groups excluding carboxylic acids is 4. The third-order valence-electron chi connectivity index (χ3n) is 7.78. The maximum absolute atomic E-state index is 13.2. The highest BCUT2D eigenvalue weighted by Crippen LogP contribution is 2.36. The molecule has 0 fully saturated rings. The topological polar surface area (TPSA) is 236 Å². The van der Waals surface area contributed by atoms with Gasteiger partial charge in [0.2, 0.25) is 0 Å². The molecule has 0 bridgehead atoms. The van der Waals surface area contributed by atoms with Gasteiger partial charge in [-0.2, -0.15) is 20.4 Å². The van der Waals surface area contributed by atoms with Crippen LogP contribution in [0.15, 0.2) is 34.4 Å². The fourth-order valence-corrected chi connectivity index (χ4v) is 7.35. The number of rotatable bonds is 9. The van der Waals surface area contributed by atoms with Crippen molar-refractivity contribution in [3.05, 3.63) is 62.3 Å². The summed E-state index contributed by atoms with van der Waals surface area (Å²) in [5, 5.41) is 23.3. The van der Waals surface area contributed by atoms with Crippen molar-refractivity contribution in [3.63, 3.8) is 0 Å². The number of esters is 3. The van der Waals surface area contributed by atoms with Gasteiger partial charge in [-0.05, 0) is 90.0 Å². The summed E-state index contributed by atoms with van der Waals surface area (Å²) in [7, 11) is 0. The molecular weight excluding hydrogens is 793 g/mol. The lowest BCUT2D eigenvalue weighted by atomic mass is 10.0. The van der Waals surface area contributed by atoms with Gasteiger partial charge in [-0.15, -0.1) is 9.59 Å². The Balaban J connectivity index is 0.000000306. The Labute approximate surface area is 343 Å². The van der Waals surface area contributed by atoms with E-state index in [-0.39, 0.29) is 24.6 Å². The number of carbonyl (C=O) groups is 4. The molecule has 0 spiro atoms. The predicted molar refractivity (Wildman–Crippen MR) is 220 cm³/mol. The van der Waals surface area contributed by atoms with Crippen LogP contribution in [0.2, 0.25) is 0 Å². The van der Waals surface area contributed by atoms with Gasteiger partial charge < -0.3 is 19.5 Å². The number of aryl methyl sites for hydroxylation is 1. The minimum Gasteiger partial charge on any atom is -0.462 e. The molecule has 0 aliphatic rings. The molecule has 5 aromatic rings. The van der Waals surface area contributed by atoms with Gasteiger partial charge in [-0.1, -0.05) is 30.1 Å². The Hall–Kier alpha value is -5.70. The number of nitrogens with one attached hydrogen (secondary N) is 3. The van der Waals surface area contributed by atoms with E-state index in [0.29, 0.717) is 31.3 Å². The van der Waals surface area contributed by atoms with E-state index in [9.17, 15) is 28.8 Å². The lowest BCUT2D eigenvalue weighted by molar-refractivity contribution is -0.164. The summed E-state index contributed by atoms with van der Waals surface area (Å²) in [5.41, 5.74) is -4.05. The molecule has 3 N–H and O–H groups in total. The lowest BCUT2D eigenvalue weighted by Crippen LogP contribution is -2.53. The average Bonchev–Trinajstić information content (AvgIpc) is 3.87. The van der Waals surface area contributed by atoms with Crippen molar-refractivity contribution in [2.24, 2.45) is 0 Å². The van der Waals surface area contributed by atoms with Crippen molar-refractivity contribution < 1.29 is 33.4 Å². The van der Waals surface area contributed by atoms with Crippen LogP contribution in [0.3, 0.4) is 0 Å². The van der Waals surface area contributed by atoms with Gasteiger partial charge in [0.25, 0.3) is 5.56 Å². The lowest BCUT2D eigenvalue weighted by Gasteiger charge is -2.29. The average molecular weight is 845 g/mol. The van der Waals surface area contributed by atoms with E-state index in [0.717, 1.165) is 15.9 Å². The molecule has 0 aromatic carbocycles. The number of aromatic nitrogens is 8. The Bertz CT molecular complexity index is 2390. The highest BCUT2D eigenvalue weighted by Gasteiger charge is 2.38. The molecule has 2 amide bonds. The number of thiophene rings is 2. The molecular formula is C37H52N10O9S2. The number of amides is 2. The molecule has 5 aromatic heterocycles. The highest BCUT2D eigenvalue weighted by atomic mass is 32.1. The van der Waals surface area contributed by atoms with Crippen LogP contribution >= 0.6 is 22.7 Å². The molecule has 0 aliphatic heterocycles. The summed E-state index contributed by atoms with van der Waals surface area (Å²) in [6, 6.07) is -0.669. The van der Waals surface area contributed by atoms with Gasteiger partial charge in [0, 0.05) is 11.1 Å². The molecule has 0 saturated carbocycles. The van der Waals surface area contributed by atoms with Gasteiger partial charge in [0.05, 0.1) is 42.3 Å². The second kappa shape index (κ2) is 17.4. The molecule has 5 heterocycles. The maximum atomic E-state index is 13.2. The van der Waals surface area contributed by atoms with Gasteiger partial charge in [-0.3, -0.25) is 15.1 Å². The van der Waals surface area contributed by atoms with Gasteiger partial charge in [0.15, 0.2) is 0 Å². The SMILES string of the molecule is C.CCOC(=O)c1c(NC(=O)NC(C)(C)C(=O)OC(C)(C)C)sc(-n2nccn2)c1C.Cc1c(-n2nccn2)sc2[nH]c(=O)n(C(C)(C)C(=O)OC(C)(C)C)c(=O)c12. The largest absolute Gasteiger partial charge is 0.462 e. The molecule has 21 heteroatoms. The zero-order valence-electron chi connectivity index (χ0n) is 34.1. The molecule has 0 radical (unpaired) electrons. The molecule has 5 rings (SSSR count). The third-order valence-corrected chi connectivity index (χ3v) is 10.1. The van der Waals surface area contributed by atoms with E-state index in [2.05, 4.69) is 36.0 Å².